The van der Waals surface area contributed by atoms with Gasteiger partial charge >= 0.3 is 6.09 Å². The second-order valence-corrected chi connectivity index (χ2v) is 4.03. The molecule has 0 fully saturated rings. The second kappa shape index (κ2) is 6.27. The maximum atomic E-state index is 11.5. The summed E-state index contributed by atoms with van der Waals surface area (Å²) in [6.07, 6.45) is -0.883. The molecule has 0 aromatic heterocycles. The van der Waals surface area contributed by atoms with Crippen molar-refractivity contribution in [1.29, 1.82) is 0 Å². The summed E-state index contributed by atoms with van der Waals surface area (Å²) in [7, 11) is 0. The number of halogens is 2. The van der Waals surface area contributed by atoms with E-state index in [0.717, 1.165) is 0 Å². The molecule has 0 spiro atoms. The highest BCUT2D eigenvalue weighted by atomic mass is 35.5. The van der Waals surface area contributed by atoms with Crippen molar-refractivity contribution in [2.24, 2.45) is 0 Å². The van der Waals surface area contributed by atoms with Crippen LogP contribution in [0.25, 0.3) is 0 Å². The van der Waals surface area contributed by atoms with E-state index in [9.17, 15) is 9.59 Å². The second-order valence-electron chi connectivity index (χ2n) is 3.05. The smallest absolute Gasteiger partial charge is 0.414 e. The van der Waals surface area contributed by atoms with Crippen LogP contribution in [0.1, 0.15) is 10.4 Å². The Morgan fingerprint density at radius 1 is 1.29 bits per heavy atom. The molecule has 90 valence electrons. The fourth-order valence-corrected chi connectivity index (χ4v) is 1.13. The standard InChI is InChI=1S/C11H9Cl2NO3/c1-7(12)6-17-11(16)14-10(15)8-2-4-9(13)5-3-8/h2-5H,1,6H2,(H,14,15,16). The lowest BCUT2D eigenvalue weighted by Crippen LogP contribution is -2.31. The van der Waals surface area contributed by atoms with Gasteiger partial charge in [-0.2, -0.15) is 0 Å². The first-order valence-electron chi connectivity index (χ1n) is 4.56. The van der Waals surface area contributed by atoms with Crippen LogP contribution in [-0.4, -0.2) is 18.6 Å². The minimum atomic E-state index is -0.883. The van der Waals surface area contributed by atoms with Gasteiger partial charge in [-0.3, -0.25) is 10.1 Å². The lowest BCUT2D eigenvalue weighted by molar-refractivity contribution is 0.0928. The van der Waals surface area contributed by atoms with Gasteiger partial charge in [0.1, 0.15) is 6.61 Å². The van der Waals surface area contributed by atoms with Gasteiger partial charge in [0.15, 0.2) is 0 Å². The Kier molecular flexibility index (Phi) is 5.00. The summed E-state index contributed by atoms with van der Waals surface area (Å²) < 4.78 is 4.59. The average Bonchev–Trinajstić information content (AvgIpc) is 2.27. The molecule has 0 radical (unpaired) electrons. The minimum Gasteiger partial charge on any atom is -0.443 e. The number of nitrogens with one attached hydrogen (secondary N) is 1. The van der Waals surface area contributed by atoms with Crippen LogP contribution in [0.3, 0.4) is 0 Å². The van der Waals surface area contributed by atoms with Gasteiger partial charge in [0.2, 0.25) is 0 Å². The predicted octanol–water partition coefficient (Wildman–Crippen LogP) is 2.96. The third-order valence-electron chi connectivity index (χ3n) is 1.68. The summed E-state index contributed by atoms with van der Waals surface area (Å²) >= 11 is 11.1. The van der Waals surface area contributed by atoms with Crippen molar-refractivity contribution in [3.63, 3.8) is 0 Å². The molecule has 1 N–H and O–H groups in total. The molecule has 0 saturated carbocycles. The molecule has 1 aromatic rings. The van der Waals surface area contributed by atoms with E-state index in [-0.39, 0.29) is 11.6 Å². The molecule has 1 aromatic carbocycles. The van der Waals surface area contributed by atoms with E-state index < -0.39 is 12.0 Å². The van der Waals surface area contributed by atoms with E-state index in [4.69, 9.17) is 23.2 Å². The fourth-order valence-electron chi connectivity index (χ4n) is 0.946. The predicted molar refractivity (Wildman–Crippen MR) is 65.3 cm³/mol. The summed E-state index contributed by atoms with van der Waals surface area (Å²) in [5, 5.41) is 2.70. The molecule has 0 heterocycles. The molecule has 0 aliphatic rings. The summed E-state index contributed by atoms with van der Waals surface area (Å²) in [5.41, 5.74) is 0.302. The zero-order chi connectivity index (χ0) is 12.8. The third kappa shape index (κ3) is 4.89. The molecule has 0 aliphatic heterocycles. The number of carbonyl (C=O) groups excluding carboxylic acids is 2. The van der Waals surface area contributed by atoms with Gasteiger partial charge in [0.05, 0.1) is 0 Å². The quantitative estimate of drug-likeness (QED) is 0.921. The van der Waals surface area contributed by atoms with E-state index >= 15 is 0 Å². The number of amides is 2. The Morgan fingerprint density at radius 3 is 2.41 bits per heavy atom. The first-order chi connectivity index (χ1) is 7.99. The van der Waals surface area contributed by atoms with Crippen molar-refractivity contribution >= 4 is 35.2 Å². The minimum absolute atomic E-state index is 0.152. The van der Waals surface area contributed by atoms with Crippen molar-refractivity contribution in [3.05, 3.63) is 46.5 Å². The molecule has 6 heteroatoms. The molecular formula is C11H9Cl2NO3. The van der Waals surface area contributed by atoms with E-state index in [0.29, 0.717) is 10.6 Å². The van der Waals surface area contributed by atoms with Crippen LogP contribution in [0, 0.1) is 0 Å². The summed E-state index contributed by atoms with van der Waals surface area (Å²) in [6.45, 7) is 3.18. The zero-order valence-corrected chi connectivity index (χ0v) is 10.2. The van der Waals surface area contributed by atoms with Gasteiger partial charge in [-0.25, -0.2) is 4.79 Å². The molecule has 0 saturated heterocycles. The van der Waals surface area contributed by atoms with Crippen LogP contribution in [0.15, 0.2) is 35.9 Å². The van der Waals surface area contributed by atoms with Crippen LogP contribution in [-0.2, 0) is 4.74 Å². The lowest BCUT2D eigenvalue weighted by atomic mass is 10.2. The van der Waals surface area contributed by atoms with Crippen molar-refractivity contribution in [2.75, 3.05) is 6.61 Å². The van der Waals surface area contributed by atoms with Crippen LogP contribution >= 0.6 is 23.2 Å². The Balaban J connectivity index is 2.51. The van der Waals surface area contributed by atoms with E-state index in [1.54, 1.807) is 12.1 Å². The number of ether oxygens (including phenoxy) is 1. The fraction of sp³-hybridized carbons (Fsp3) is 0.0909. The van der Waals surface area contributed by atoms with Gasteiger partial charge in [-0.1, -0.05) is 29.8 Å². The summed E-state index contributed by atoms with van der Waals surface area (Å²) in [5.74, 6) is -0.577. The molecule has 2 amide bonds. The van der Waals surface area contributed by atoms with Gasteiger partial charge in [0.25, 0.3) is 5.91 Å². The molecule has 0 unspecified atom stereocenters. The van der Waals surface area contributed by atoms with Crippen LogP contribution in [0.4, 0.5) is 4.79 Å². The van der Waals surface area contributed by atoms with Gasteiger partial charge in [0, 0.05) is 15.6 Å². The number of carbonyl (C=O) groups is 2. The van der Waals surface area contributed by atoms with Crippen LogP contribution in [0.5, 0.6) is 0 Å². The maximum absolute atomic E-state index is 11.5. The number of imide groups is 1. The highest BCUT2D eigenvalue weighted by Gasteiger charge is 2.10. The normalized spacial score (nSPS) is 9.53. The highest BCUT2D eigenvalue weighted by Crippen LogP contribution is 2.09. The number of benzene rings is 1. The van der Waals surface area contributed by atoms with Crippen molar-refractivity contribution in [3.8, 4) is 0 Å². The van der Waals surface area contributed by atoms with Gasteiger partial charge in [-0.05, 0) is 24.3 Å². The Morgan fingerprint density at radius 2 is 1.88 bits per heavy atom. The van der Waals surface area contributed by atoms with Gasteiger partial charge in [-0.15, -0.1) is 0 Å². The molecule has 4 nitrogen and oxygen atoms in total. The molecular weight excluding hydrogens is 265 g/mol. The average molecular weight is 274 g/mol. The van der Waals surface area contributed by atoms with Crippen LogP contribution < -0.4 is 5.32 Å². The Bertz CT molecular complexity index is 443. The molecule has 0 atom stereocenters. The lowest BCUT2D eigenvalue weighted by Gasteiger charge is -2.05. The van der Waals surface area contributed by atoms with Gasteiger partial charge < -0.3 is 4.74 Å². The van der Waals surface area contributed by atoms with Crippen molar-refractivity contribution in [1.82, 2.24) is 5.32 Å². The van der Waals surface area contributed by atoms with E-state index in [2.05, 4.69) is 11.3 Å². The van der Waals surface area contributed by atoms with Crippen molar-refractivity contribution in [2.45, 2.75) is 0 Å². The molecule has 1 rings (SSSR count). The third-order valence-corrected chi connectivity index (χ3v) is 2.04. The summed E-state index contributed by atoms with van der Waals surface area (Å²) in [4.78, 5) is 22.6. The first-order valence-corrected chi connectivity index (χ1v) is 5.31. The van der Waals surface area contributed by atoms with Crippen LogP contribution in [0.2, 0.25) is 5.02 Å². The maximum Gasteiger partial charge on any atom is 0.414 e. The van der Waals surface area contributed by atoms with Crippen molar-refractivity contribution < 1.29 is 14.3 Å². The number of hydrogen-bond acceptors (Lipinski definition) is 3. The molecule has 0 aliphatic carbocycles. The number of alkyl carbamates (subject to hydrolysis) is 1. The Labute approximate surface area is 108 Å². The highest BCUT2D eigenvalue weighted by molar-refractivity contribution is 6.30. The monoisotopic (exact) mass is 273 g/mol. The van der Waals surface area contributed by atoms with E-state index in [1.165, 1.54) is 12.1 Å². The molecule has 17 heavy (non-hydrogen) atoms. The number of hydrogen-bond donors (Lipinski definition) is 1. The number of rotatable bonds is 3. The molecule has 0 bridgehead atoms. The van der Waals surface area contributed by atoms with E-state index in [1.807, 2.05) is 5.32 Å². The largest absolute Gasteiger partial charge is 0.443 e. The Hall–Kier alpha value is -1.52. The first kappa shape index (κ1) is 13.5. The zero-order valence-electron chi connectivity index (χ0n) is 8.70. The SMILES string of the molecule is C=C(Cl)COC(=O)NC(=O)c1ccc(Cl)cc1. The topological polar surface area (TPSA) is 55.4 Å². The summed E-state index contributed by atoms with van der Waals surface area (Å²) in [6, 6.07) is 6.07.